The average molecular weight is 359 g/mol. The zero-order chi connectivity index (χ0) is 17.8. The highest BCUT2D eigenvalue weighted by Gasteiger charge is 2.21. The molecule has 1 aromatic heterocycles. The lowest BCUT2D eigenvalue weighted by Crippen LogP contribution is -2.23. The molecule has 0 radical (unpaired) electrons. The van der Waals surface area contributed by atoms with Crippen LogP contribution in [0.4, 0.5) is 10.8 Å². The molecule has 0 aliphatic carbocycles. The summed E-state index contributed by atoms with van der Waals surface area (Å²) in [6.07, 6.45) is 1.43. The van der Waals surface area contributed by atoms with Crippen molar-refractivity contribution in [2.75, 3.05) is 16.8 Å². The number of aromatic nitrogens is 1. The number of rotatable bonds is 5. The Morgan fingerprint density at radius 1 is 1.32 bits per heavy atom. The number of amides is 2. The second kappa shape index (κ2) is 7.43. The molecule has 2 aromatic rings. The summed E-state index contributed by atoms with van der Waals surface area (Å²) in [4.78, 5) is 40.7. The summed E-state index contributed by atoms with van der Waals surface area (Å²) in [5.41, 5.74) is 1.77. The fourth-order valence-electron chi connectivity index (χ4n) is 2.50. The Kier molecular flexibility index (Phi) is 5.08. The van der Waals surface area contributed by atoms with Gasteiger partial charge in [0.25, 0.3) is 0 Å². The Labute approximate surface area is 148 Å². The quantitative estimate of drug-likeness (QED) is 0.829. The number of nitrogens with zero attached hydrogens (tertiary/aromatic N) is 2. The Bertz CT molecular complexity index is 800. The van der Waals surface area contributed by atoms with Crippen LogP contribution in [0, 0.1) is 0 Å². The maximum absolute atomic E-state index is 12.1. The molecule has 3 rings (SSSR count). The Balaban J connectivity index is 1.57. The van der Waals surface area contributed by atoms with Gasteiger partial charge < -0.3 is 15.0 Å². The van der Waals surface area contributed by atoms with Gasteiger partial charge in [0.15, 0.2) is 5.13 Å². The lowest BCUT2D eigenvalue weighted by Gasteiger charge is -2.15. The molecule has 1 saturated heterocycles. The van der Waals surface area contributed by atoms with E-state index in [1.807, 2.05) is 0 Å². The molecule has 0 saturated carbocycles. The van der Waals surface area contributed by atoms with Crippen molar-refractivity contribution in [3.05, 3.63) is 40.9 Å². The number of carbonyl (C=O) groups excluding carboxylic acids is 3. The van der Waals surface area contributed by atoms with E-state index in [9.17, 15) is 14.4 Å². The molecule has 0 spiro atoms. The highest BCUT2D eigenvalue weighted by molar-refractivity contribution is 7.13. The molecule has 7 nitrogen and oxygen atoms in total. The van der Waals surface area contributed by atoms with E-state index in [2.05, 4.69) is 10.3 Å². The number of hydrogen-bond donors (Lipinski definition) is 1. The van der Waals surface area contributed by atoms with Gasteiger partial charge in [0, 0.05) is 31.0 Å². The van der Waals surface area contributed by atoms with Crippen molar-refractivity contribution in [1.82, 2.24) is 4.98 Å². The number of ether oxygens (including phenoxy) is 1. The highest BCUT2D eigenvalue weighted by atomic mass is 32.1. The van der Waals surface area contributed by atoms with Crippen LogP contribution in [-0.2, 0) is 20.9 Å². The molecule has 8 heteroatoms. The number of carbonyl (C=O) groups is 3. The van der Waals surface area contributed by atoms with Crippen LogP contribution >= 0.6 is 11.3 Å². The van der Waals surface area contributed by atoms with E-state index in [0.29, 0.717) is 29.4 Å². The van der Waals surface area contributed by atoms with Gasteiger partial charge in [-0.05, 0) is 30.7 Å². The minimum Gasteiger partial charge on any atom is -0.456 e. The van der Waals surface area contributed by atoms with Gasteiger partial charge in [-0.25, -0.2) is 9.78 Å². The first-order chi connectivity index (χ1) is 12.0. The van der Waals surface area contributed by atoms with Crippen LogP contribution in [0.25, 0.3) is 0 Å². The summed E-state index contributed by atoms with van der Waals surface area (Å²) in [7, 11) is 0. The lowest BCUT2D eigenvalue weighted by atomic mass is 10.2. The van der Waals surface area contributed by atoms with E-state index in [1.165, 1.54) is 18.3 Å². The van der Waals surface area contributed by atoms with Crippen molar-refractivity contribution in [2.24, 2.45) is 0 Å². The summed E-state index contributed by atoms with van der Waals surface area (Å²) in [6, 6.07) is 6.79. The number of anilines is 2. The molecule has 2 heterocycles. The lowest BCUT2D eigenvalue weighted by molar-refractivity contribution is -0.117. The molecule has 1 N–H and O–H groups in total. The molecule has 2 amide bonds. The van der Waals surface area contributed by atoms with Gasteiger partial charge in [-0.2, -0.15) is 0 Å². The fraction of sp³-hybridized carbons (Fsp3) is 0.294. The maximum Gasteiger partial charge on any atom is 0.338 e. The van der Waals surface area contributed by atoms with Crippen molar-refractivity contribution in [3.63, 3.8) is 0 Å². The SMILES string of the molecule is CC(=O)Nc1nc(COC(=O)c2ccc(N3CCCC3=O)cc2)cs1. The third-order valence-corrected chi connectivity index (χ3v) is 4.48. The normalized spacial score (nSPS) is 13.8. The van der Waals surface area contributed by atoms with Crippen molar-refractivity contribution in [3.8, 4) is 0 Å². The van der Waals surface area contributed by atoms with Gasteiger partial charge in [-0.15, -0.1) is 11.3 Å². The molecule has 0 atom stereocenters. The van der Waals surface area contributed by atoms with Crippen LogP contribution in [0.3, 0.4) is 0 Å². The molecule has 0 unspecified atom stereocenters. The van der Waals surface area contributed by atoms with Gasteiger partial charge in [0.2, 0.25) is 11.8 Å². The monoisotopic (exact) mass is 359 g/mol. The zero-order valence-corrected chi connectivity index (χ0v) is 14.5. The fourth-order valence-corrected chi connectivity index (χ4v) is 3.24. The van der Waals surface area contributed by atoms with Crippen LogP contribution in [0.5, 0.6) is 0 Å². The molecule has 1 fully saturated rings. The van der Waals surface area contributed by atoms with Crippen LogP contribution in [-0.4, -0.2) is 29.3 Å². The van der Waals surface area contributed by atoms with Gasteiger partial charge in [-0.1, -0.05) is 0 Å². The Hall–Kier alpha value is -2.74. The third kappa shape index (κ3) is 4.21. The van der Waals surface area contributed by atoms with Crippen LogP contribution in [0.15, 0.2) is 29.6 Å². The summed E-state index contributed by atoms with van der Waals surface area (Å²) in [5.74, 6) is -0.559. The topological polar surface area (TPSA) is 88.6 Å². The van der Waals surface area contributed by atoms with E-state index < -0.39 is 5.97 Å². The van der Waals surface area contributed by atoms with Gasteiger partial charge in [0.05, 0.1) is 11.3 Å². The first-order valence-electron chi connectivity index (χ1n) is 7.82. The van der Waals surface area contributed by atoms with Crippen molar-refractivity contribution in [1.29, 1.82) is 0 Å². The van der Waals surface area contributed by atoms with Gasteiger partial charge in [-0.3, -0.25) is 9.59 Å². The smallest absolute Gasteiger partial charge is 0.338 e. The standard InChI is InChI=1S/C17H17N3O4S/c1-11(21)18-17-19-13(10-25-17)9-24-16(23)12-4-6-14(7-5-12)20-8-2-3-15(20)22/h4-7,10H,2-3,8-9H2,1H3,(H,18,19,21). The molecule has 130 valence electrons. The van der Waals surface area contributed by atoms with E-state index in [1.54, 1.807) is 34.5 Å². The summed E-state index contributed by atoms with van der Waals surface area (Å²) < 4.78 is 5.23. The van der Waals surface area contributed by atoms with E-state index >= 15 is 0 Å². The highest BCUT2D eigenvalue weighted by Crippen LogP contribution is 2.22. The van der Waals surface area contributed by atoms with Crippen molar-refractivity contribution in [2.45, 2.75) is 26.4 Å². The first kappa shape index (κ1) is 17.1. The molecule has 1 aliphatic heterocycles. The molecule has 25 heavy (non-hydrogen) atoms. The van der Waals surface area contributed by atoms with Crippen LogP contribution in [0.1, 0.15) is 35.8 Å². The first-order valence-corrected chi connectivity index (χ1v) is 8.70. The van der Waals surface area contributed by atoms with E-state index in [-0.39, 0.29) is 18.4 Å². The largest absolute Gasteiger partial charge is 0.456 e. The van der Waals surface area contributed by atoms with Crippen LogP contribution < -0.4 is 10.2 Å². The van der Waals surface area contributed by atoms with Crippen molar-refractivity contribution < 1.29 is 19.1 Å². The second-order valence-corrected chi connectivity index (χ2v) is 6.46. The number of esters is 1. The zero-order valence-electron chi connectivity index (χ0n) is 13.7. The van der Waals surface area contributed by atoms with E-state index in [4.69, 9.17) is 4.74 Å². The predicted molar refractivity (Wildman–Crippen MR) is 93.6 cm³/mol. The predicted octanol–water partition coefficient (Wildman–Crippen LogP) is 2.59. The van der Waals surface area contributed by atoms with Crippen molar-refractivity contribution >= 4 is 39.9 Å². The summed E-state index contributed by atoms with van der Waals surface area (Å²) in [5, 5.41) is 4.77. The number of benzene rings is 1. The molecular formula is C17H17N3O4S. The Morgan fingerprint density at radius 3 is 2.72 bits per heavy atom. The summed E-state index contributed by atoms with van der Waals surface area (Å²) >= 11 is 1.27. The van der Waals surface area contributed by atoms with Crippen LogP contribution in [0.2, 0.25) is 0 Å². The maximum atomic E-state index is 12.1. The minimum atomic E-state index is -0.464. The second-order valence-electron chi connectivity index (χ2n) is 5.60. The summed E-state index contributed by atoms with van der Waals surface area (Å²) in [6.45, 7) is 2.14. The number of nitrogens with one attached hydrogen (secondary N) is 1. The third-order valence-electron chi connectivity index (χ3n) is 3.67. The minimum absolute atomic E-state index is 0.0290. The number of thiazole rings is 1. The molecule has 1 aliphatic rings. The number of hydrogen-bond acceptors (Lipinski definition) is 6. The Morgan fingerprint density at radius 2 is 2.08 bits per heavy atom. The average Bonchev–Trinajstić information content (AvgIpc) is 3.21. The molecular weight excluding hydrogens is 342 g/mol. The van der Waals surface area contributed by atoms with Gasteiger partial charge in [0.1, 0.15) is 6.61 Å². The van der Waals surface area contributed by atoms with E-state index in [0.717, 1.165) is 12.1 Å². The van der Waals surface area contributed by atoms with Gasteiger partial charge >= 0.3 is 5.97 Å². The molecule has 0 bridgehead atoms. The molecule has 1 aromatic carbocycles.